The van der Waals surface area contributed by atoms with Crippen molar-refractivity contribution in [2.45, 2.75) is 0 Å². The molecule has 4 nitrogen and oxygen atoms in total. The highest BCUT2D eigenvalue weighted by Gasteiger charge is 2.10. The van der Waals surface area contributed by atoms with E-state index in [-0.39, 0.29) is 11.4 Å². The average molecular weight is 260 g/mol. The number of carboxylic acid groups (broad SMARTS) is 1. The molecule has 0 bridgehead atoms. The molecule has 2 aromatic carbocycles. The number of rotatable bonds is 3. The Morgan fingerprint density at radius 3 is 2.37 bits per heavy atom. The molecule has 0 saturated carbocycles. The average Bonchev–Trinajstić information content (AvgIpc) is 2.38. The minimum absolute atomic E-state index is 0.133. The zero-order valence-electron chi connectivity index (χ0n) is 10.3. The molecule has 5 heteroatoms. The standard InChI is InChI=1S/C14H13FN2O2/c1-17(11-5-3-10(15)4-6-11)13-7-2-9(14(18)19)8-12(13)16/h2-8H,16H2,1H3,(H,18,19). The van der Waals surface area contributed by atoms with Crippen LogP contribution in [0.25, 0.3) is 0 Å². The Kier molecular flexibility index (Phi) is 3.37. The van der Waals surface area contributed by atoms with E-state index in [4.69, 9.17) is 10.8 Å². The van der Waals surface area contributed by atoms with Crippen molar-refractivity contribution in [1.82, 2.24) is 0 Å². The fraction of sp³-hybridized carbons (Fsp3) is 0.0714. The monoisotopic (exact) mass is 260 g/mol. The topological polar surface area (TPSA) is 66.6 Å². The van der Waals surface area contributed by atoms with Crippen LogP contribution in [0.15, 0.2) is 42.5 Å². The molecule has 0 aliphatic heterocycles. The van der Waals surface area contributed by atoms with Crippen LogP contribution < -0.4 is 10.6 Å². The predicted octanol–water partition coefficient (Wildman–Crippen LogP) is 2.87. The minimum atomic E-state index is -1.03. The van der Waals surface area contributed by atoms with Crippen LogP contribution in [0.4, 0.5) is 21.5 Å². The fourth-order valence-electron chi connectivity index (χ4n) is 1.80. The number of benzene rings is 2. The quantitative estimate of drug-likeness (QED) is 0.833. The van der Waals surface area contributed by atoms with Crippen LogP contribution in [0.1, 0.15) is 10.4 Å². The second kappa shape index (κ2) is 4.97. The number of nitrogens with two attached hydrogens (primary N) is 1. The Hall–Kier alpha value is -2.56. The van der Waals surface area contributed by atoms with Gasteiger partial charge in [0.25, 0.3) is 0 Å². The molecule has 0 aliphatic rings. The van der Waals surface area contributed by atoms with Crippen LogP contribution in [0.2, 0.25) is 0 Å². The van der Waals surface area contributed by atoms with E-state index in [1.54, 1.807) is 30.1 Å². The van der Waals surface area contributed by atoms with E-state index in [0.29, 0.717) is 11.4 Å². The summed E-state index contributed by atoms with van der Waals surface area (Å²) in [7, 11) is 1.78. The third kappa shape index (κ3) is 2.65. The lowest BCUT2D eigenvalue weighted by molar-refractivity contribution is 0.0697. The smallest absolute Gasteiger partial charge is 0.335 e. The number of halogens is 1. The normalized spacial score (nSPS) is 10.2. The highest BCUT2D eigenvalue weighted by atomic mass is 19.1. The Bertz CT molecular complexity index is 611. The zero-order chi connectivity index (χ0) is 14.0. The third-order valence-electron chi connectivity index (χ3n) is 2.85. The molecule has 0 amide bonds. The van der Waals surface area contributed by atoms with Crippen molar-refractivity contribution < 1.29 is 14.3 Å². The van der Waals surface area contributed by atoms with Crippen molar-refractivity contribution in [3.63, 3.8) is 0 Å². The molecule has 0 aliphatic carbocycles. The van der Waals surface area contributed by atoms with Gasteiger partial charge in [-0.05, 0) is 42.5 Å². The first-order valence-corrected chi connectivity index (χ1v) is 5.61. The molecular formula is C14H13FN2O2. The van der Waals surface area contributed by atoms with Gasteiger partial charge in [0.2, 0.25) is 0 Å². The second-order valence-electron chi connectivity index (χ2n) is 4.11. The van der Waals surface area contributed by atoms with E-state index < -0.39 is 5.97 Å². The van der Waals surface area contributed by atoms with Gasteiger partial charge in [-0.15, -0.1) is 0 Å². The van der Waals surface area contributed by atoms with E-state index in [2.05, 4.69) is 0 Å². The Labute approximate surface area is 109 Å². The van der Waals surface area contributed by atoms with Gasteiger partial charge in [-0.3, -0.25) is 0 Å². The van der Waals surface area contributed by atoms with Gasteiger partial charge in [0, 0.05) is 12.7 Å². The highest BCUT2D eigenvalue weighted by molar-refractivity contribution is 5.91. The largest absolute Gasteiger partial charge is 0.478 e. The number of hydrogen-bond acceptors (Lipinski definition) is 3. The molecule has 0 atom stereocenters. The number of nitrogen functional groups attached to an aromatic ring is 1. The molecule has 2 rings (SSSR count). The van der Waals surface area contributed by atoms with Crippen LogP contribution in [-0.2, 0) is 0 Å². The highest BCUT2D eigenvalue weighted by Crippen LogP contribution is 2.29. The van der Waals surface area contributed by atoms with Gasteiger partial charge in [-0.1, -0.05) is 0 Å². The maximum absolute atomic E-state index is 12.9. The van der Waals surface area contributed by atoms with Crippen molar-refractivity contribution in [3.8, 4) is 0 Å². The predicted molar refractivity (Wildman–Crippen MR) is 72.3 cm³/mol. The van der Waals surface area contributed by atoms with Gasteiger partial charge in [0.05, 0.1) is 16.9 Å². The lowest BCUT2D eigenvalue weighted by Crippen LogP contribution is -2.12. The number of carboxylic acids is 1. The molecule has 0 radical (unpaired) electrons. The minimum Gasteiger partial charge on any atom is -0.478 e. The molecule has 0 unspecified atom stereocenters. The number of nitrogens with zero attached hydrogens (tertiary/aromatic N) is 1. The summed E-state index contributed by atoms with van der Waals surface area (Å²) in [6, 6.07) is 10.5. The fourth-order valence-corrected chi connectivity index (χ4v) is 1.80. The van der Waals surface area contributed by atoms with Crippen LogP contribution in [0.5, 0.6) is 0 Å². The second-order valence-corrected chi connectivity index (χ2v) is 4.11. The molecule has 0 aromatic heterocycles. The summed E-state index contributed by atoms with van der Waals surface area (Å²) in [5, 5.41) is 8.88. The molecule has 0 heterocycles. The summed E-state index contributed by atoms with van der Waals surface area (Å²) < 4.78 is 12.9. The summed E-state index contributed by atoms with van der Waals surface area (Å²) in [6.07, 6.45) is 0. The third-order valence-corrected chi connectivity index (χ3v) is 2.85. The molecule has 19 heavy (non-hydrogen) atoms. The van der Waals surface area contributed by atoms with Crippen LogP contribution >= 0.6 is 0 Å². The molecule has 0 fully saturated rings. The zero-order valence-corrected chi connectivity index (χ0v) is 10.3. The van der Waals surface area contributed by atoms with Gasteiger partial charge >= 0.3 is 5.97 Å². The number of aromatic carboxylic acids is 1. The van der Waals surface area contributed by atoms with Crippen molar-refractivity contribution in [2.24, 2.45) is 0 Å². The van der Waals surface area contributed by atoms with E-state index in [0.717, 1.165) is 5.69 Å². The number of carbonyl (C=O) groups is 1. The Balaban J connectivity index is 2.36. The van der Waals surface area contributed by atoms with E-state index in [1.165, 1.54) is 24.3 Å². The van der Waals surface area contributed by atoms with Gasteiger partial charge in [0.15, 0.2) is 0 Å². The van der Waals surface area contributed by atoms with Gasteiger partial charge in [-0.2, -0.15) is 0 Å². The van der Waals surface area contributed by atoms with Gasteiger partial charge in [-0.25, -0.2) is 9.18 Å². The van der Waals surface area contributed by atoms with E-state index in [9.17, 15) is 9.18 Å². The SMILES string of the molecule is CN(c1ccc(F)cc1)c1ccc(C(=O)O)cc1N. The lowest BCUT2D eigenvalue weighted by atomic mass is 10.1. The van der Waals surface area contributed by atoms with Gasteiger partial charge in [0.1, 0.15) is 5.82 Å². The molecule has 3 N–H and O–H groups in total. The van der Waals surface area contributed by atoms with Crippen LogP contribution in [0.3, 0.4) is 0 Å². The summed E-state index contributed by atoms with van der Waals surface area (Å²) in [6.45, 7) is 0. The van der Waals surface area contributed by atoms with Crippen LogP contribution in [-0.4, -0.2) is 18.1 Å². The maximum Gasteiger partial charge on any atom is 0.335 e. The lowest BCUT2D eigenvalue weighted by Gasteiger charge is -2.21. The Morgan fingerprint density at radius 1 is 1.21 bits per heavy atom. The molecule has 2 aromatic rings. The summed E-state index contributed by atoms with van der Waals surface area (Å²) >= 11 is 0. The summed E-state index contributed by atoms with van der Waals surface area (Å²) in [5.41, 5.74) is 7.76. The first-order chi connectivity index (χ1) is 8.99. The van der Waals surface area contributed by atoms with Crippen molar-refractivity contribution in [3.05, 3.63) is 53.8 Å². The summed E-state index contributed by atoms with van der Waals surface area (Å²) in [4.78, 5) is 12.6. The summed E-state index contributed by atoms with van der Waals surface area (Å²) in [5.74, 6) is -1.34. The Morgan fingerprint density at radius 2 is 1.84 bits per heavy atom. The molecule has 0 spiro atoms. The molecule has 98 valence electrons. The first kappa shape index (κ1) is 12.9. The van der Waals surface area contributed by atoms with E-state index >= 15 is 0 Å². The first-order valence-electron chi connectivity index (χ1n) is 5.61. The van der Waals surface area contributed by atoms with Crippen molar-refractivity contribution >= 4 is 23.0 Å². The number of hydrogen-bond donors (Lipinski definition) is 2. The molecular weight excluding hydrogens is 247 g/mol. The maximum atomic E-state index is 12.9. The van der Waals surface area contributed by atoms with E-state index in [1.807, 2.05) is 0 Å². The van der Waals surface area contributed by atoms with Gasteiger partial charge < -0.3 is 15.7 Å². The number of anilines is 3. The van der Waals surface area contributed by atoms with Crippen molar-refractivity contribution in [1.29, 1.82) is 0 Å². The van der Waals surface area contributed by atoms with Crippen molar-refractivity contribution in [2.75, 3.05) is 17.7 Å². The van der Waals surface area contributed by atoms with Crippen LogP contribution in [0, 0.1) is 5.82 Å². The molecule has 0 saturated heterocycles.